The van der Waals surface area contributed by atoms with Crippen molar-refractivity contribution < 1.29 is 9.22 Å². The summed E-state index contributed by atoms with van der Waals surface area (Å²) in [5.41, 5.74) is 1.18. The maximum Gasteiger partial charge on any atom is 0.264 e. The zero-order valence-corrected chi connectivity index (χ0v) is 17.1. The SMILES string of the molecule is CC[Si](CC)(CC)O[C@@H]1CN(C(=O)c2cccs2)[C@@H]1c1ccccc1. The van der Waals surface area contributed by atoms with E-state index in [1.165, 1.54) is 16.9 Å². The van der Waals surface area contributed by atoms with Crippen molar-refractivity contribution >= 4 is 25.6 Å². The third-order valence-electron chi connectivity index (χ3n) is 5.53. The molecule has 2 atom stereocenters. The van der Waals surface area contributed by atoms with Crippen molar-refractivity contribution in [1.82, 2.24) is 4.90 Å². The van der Waals surface area contributed by atoms with Crippen LogP contribution in [-0.4, -0.2) is 31.8 Å². The van der Waals surface area contributed by atoms with Crippen LogP contribution < -0.4 is 0 Å². The second-order valence-electron chi connectivity index (χ2n) is 6.69. The lowest BCUT2D eigenvalue weighted by atomic mass is 9.91. The molecule has 1 amide bonds. The van der Waals surface area contributed by atoms with Gasteiger partial charge < -0.3 is 9.33 Å². The maximum atomic E-state index is 12.9. The molecule has 0 saturated carbocycles. The Bertz CT molecular complexity index is 677. The highest BCUT2D eigenvalue weighted by atomic mass is 32.1. The van der Waals surface area contributed by atoms with E-state index < -0.39 is 8.32 Å². The van der Waals surface area contributed by atoms with Crippen molar-refractivity contribution in [1.29, 1.82) is 0 Å². The number of rotatable bonds is 7. The lowest BCUT2D eigenvalue weighted by molar-refractivity contribution is -0.0367. The fourth-order valence-corrected chi connectivity index (χ4v) is 7.21. The van der Waals surface area contributed by atoms with Gasteiger partial charge in [0, 0.05) is 6.54 Å². The van der Waals surface area contributed by atoms with E-state index in [-0.39, 0.29) is 18.1 Å². The lowest BCUT2D eigenvalue weighted by Crippen LogP contribution is -2.60. The lowest BCUT2D eigenvalue weighted by Gasteiger charge is -2.51. The third kappa shape index (κ3) is 3.59. The molecule has 0 aliphatic carbocycles. The first kappa shape index (κ1) is 18.4. The predicted octanol–water partition coefficient (Wildman–Crippen LogP) is 5.34. The minimum Gasteiger partial charge on any atom is -0.410 e. The molecule has 1 aliphatic rings. The Morgan fingerprint density at radius 1 is 1.12 bits per heavy atom. The zero-order chi connectivity index (χ0) is 17.9. The van der Waals surface area contributed by atoms with Crippen molar-refractivity contribution in [2.45, 2.75) is 51.0 Å². The Labute approximate surface area is 155 Å². The van der Waals surface area contributed by atoms with Crippen LogP contribution >= 0.6 is 11.3 Å². The molecule has 1 aromatic heterocycles. The predicted molar refractivity (Wildman–Crippen MR) is 107 cm³/mol. The zero-order valence-electron chi connectivity index (χ0n) is 15.3. The van der Waals surface area contributed by atoms with Gasteiger partial charge in [-0.15, -0.1) is 11.3 Å². The molecule has 5 heteroatoms. The molecular formula is C20H27NO2SSi. The number of nitrogens with zero attached hydrogens (tertiary/aromatic N) is 1. The van der Waals surface area contributed by atoms with Gasteiger partial charge in [0.15, 0.2) is 8.32 Å². The number of carbonyl (C=O) groups excluding carboxylic acids is 1. The normalized spacial score (nSPS) is 20.4. The molecule has 0 radical (unpaired) electrons. The Hall–Kier alpha value is -1.43. The molecule has 134 valence electrons. The molecule has 1 aliphatic heterocycles. The minimum atomic E-state index is -1.69. The van der Waals surface area contributed by atoms with E-state index in [1.807, 2.05) is 40.6 Å². The number of hydrogen-bond acceptors (Lipinski definition) is 3. The summed E-state index contributed by atoms with van der Waals surface area (Å²) >= 11 is 1.51. The summed E-state index contributed by atoms with van der Waals surface area (Å²) in [6, 6.07) is 17.6. The summed E-state index contributed by atoms with van der Waals surface area (Å²) in [7, 11) is -1.69. The van der Waals surface area contributed by atoms with Gasteiger partial charge in [-0.2, -0.15) is 0 Å². The Balaban J connectivity index is 1.84. The first-order valence-electron chi connectivity index (χ1n) is 9.21. The van der Waals surface area contributed by atoms with Crippen LogP contribution in [0, 0.1) is 0 Å². The molecule has 1 fully saturated rings. The Morgan fingerprint density at radius 2 is 1.80 bits per heavy atom. The topological polar surface area (TPSA) is 29.5 Å². The van der Waals surface area contributed by atoms with E-state index >= 15 is 0 Å². The maximum absolute atomic E-state index is 12.9. The summed E-state index contributed by atoms with van der Waals surface area (Å²) in [5.74, 6) is 0.125. The molecule has 3 rings (SSSR count). The van der Waals surface area contributed by atoms with Crippen LogP contribution in [0.2, 0.25) is 18.1 Å². The van der Waals surface area contributed by atoms with Gasteiger partial charge in [-0.1, -0.05) is 57.2 Å². The van der Waals surface area contributed by atoms with Crippen LogP contribution in [0.3, 0.4) is 0 Å². The van der Waals surface area contributed by atoms with Gasteiger partial charge in [-0.3, -0.25) is 4.79 Å². The smallest absolute Gasteiger partial charge is 0.264 e. The van der Waals surface area contributed by atoms with Gasteiger partial charge in [-0.05, 0) is 35.1 Å². The number of amides is 1. The molecule has 2 heterocycles. The fourth-order valence-electron chi connectivity index (χ4n) is 3.69. The summed E-state index contributed by atoms with van der Waals surface area (Å²) in [6.45, 7) is 7.46. The first-order valence-corrected chi connectivity index (χ1v) is 12.6. The van der Waals surface area contributed by atoms with Gasteiger partial charge in [0.25, 0.3) is 5.91 Å². The first-order chi connectivity index (χ1) is 12.1. The van der Waals surface area contributed by atoms with Gasteiger partial charge in [0.05, 0.1) is 17.0 Å². The molecule has 0 unspecified atom stereocenters. The highest BCUT2D eigenvalue weighted by molar-refractivity contribution is 7.12. The van der Waals surface area contributed by atoms with Gasteiger partial charge in [0.2, 0.25) is 0 Å². The van der Waals surface area contributed by atoms with Crippen LogP contribution in [-0.2, 0) is 4.43 Å². The number of hydrogen-bond donors (Lipinski definition) is 0. The third-order valence-corrected chi connectivity index (χ3v) is 11.1. The van der Waals surface area contributed by atoms with E-state index in [0.717, 1.165) is 23.0 Å². The number of carbonyl (C=O) groups is 1. The van der Waals surface area contributed by atoms with Gasteiger partial charge in [0.1, 0.15) is 0 Å². The van der Waals surface area contributed by atoms with Crippen molar-refractivity contribution in [2.24, 2.45) is 0 Å². The standard InChI is InChI=1S/C20H27NO2SSi/c1-4-25(5-2,6-3)23-17-15-21(20(22)18-13-10-14-24-18)19(17)16-11-8-7-9-12-16/h7-14,17,19H,4-6,15H2,1-3H3/t17-,19-/m1/s1. The molecule has 1 saturated heterocycles. The van der Waals surface area contributed by atoms with E-state index in [9.17, 15) is 4.79 Å². The van der Waals surface area contributed by atoms with E-state index in [4.69, 9.17) is 4.43 Å². The van der Waals surface area contributed by atoms with Crippen molar-refractivity contribution in [2.75, 3.05) is 6.54 Å². The second kappa shape index (κ2) is 7.85. The number of benzene rings is 1. The summed E-state index contributed by atoms with van der Waals surface area (Å²) in [6.07, 6.45) is 0.123. The van der Waals surface area contributed by atoms with Crippen molar-refractivity contribution in [3.63, 3.8) is 0 Å². The molecule has 0 bridgehead atoms. The average molecular weight is 374 g/mol. The van der Waals surface area contributed by atoms with Gasteiger partial charge in [-0.25, -0.2) is 0 Å². The summed E-state index contributed by atoms with van der Waals surface area (Å²) in [5, 5.41) is 1.96. The second-order valence-corrected chi connectivity index (χ2v) is 12.4. The van der Waals surface area contributed by atoms with Crippen molar-refractivity contribution in [3.8, 4) is 0 Å². The van der Waals surface area contributed by atoms with E-state index in [1.54, 1.807) is 0 Å². The van der Waals surface area contributed by atoms with Crippen LogP contribution in [0.15, 0.2) is 47.8 Å². The molecule has 2 aromatic rings. The summed E-state index contributed by atoms with van der Waals surface area (Å²) < 4.78 is 6.73. The van der Waals surface area contributed by atoms with E-state index in [0.29, 0.717) is 6.54 Å². The monoisotopic (exact) mass is 373 g/mol. The van der Waals surface area contributed by atoms with Crippen LogP contribution in [0.4, 0.5) is 0 Å². The molecule has 25 heavy (non-hydrogen) atoms. The average Bonchev–Trinajstić information content (AvgIpc) is 3.17. The summed E-state index contributed by atoms with van der Waals surface area (Å²) in [4.78, 5) is 15.7. The Kier molecular flexibility index (Phi) is 5.77. The molecule has 0 N–H and O–H groups in total. The highest BCUT2D eigenvalue weighted by Crippen LogP contribution is 2.40. The van der Waals surface area contributed by atoms with Crippen LogP contribution in [0.1, 0.15) is 42.0 Å². The van der Waals surface area contributed by atoms with Gasteiger partial charge >= 0.3 is 0 Å². The fraction of sp³-hybridized carbons (Fsp3) is 0.450. The quantitative estimate of drug-likeness (QED) is 0.613. The molecule has 1 aromatic carbocycles. The number of thiophene rings is 1. The minimum absolute atomic E-state index is 0.0346. The highest BCUT2D eigenvalue weighted by Gasteiger charge is 2.47. The van der Waals surface area contributed by atoms with Crippen LogP contribution in [0.5, 0.6) is 0 Å². The Morgan fingerprint density at radius 3 is 2.36 bits per heavy atom. The van der Waals surface area contributed by atoms with Crippen LogP contribution in [0.25, 0.3) is 0 Å². The molecular weight excluding hydrogens is 346 g/mol. The number of likely N-dealkylation sites (tertiary alicyclic amines) is 1. The van der Waals surface area contributed by atoms with Crippen molar-refractivity contribution in [3.05, 3.63) is 58.3 Å². The molecule has 3 nitrogen and oxygen atoms in total. The van der Waals surface area contributed by atoms with E-state index in [2.05, 4.69) is 32.9 Å². The largest absolute Gasteiger partial charge is 0.410 e. The molecule has 0 spiro atoms.